The summed E-state index contributed by atoms with van der Waals surface area (Å²) in [6.07, 6.45) is 1.69. The molecule has 132 valence electrons. The molecule has 0 aliphatic heterocycles. The lowest BCUT2D eigenvalue weighted by Gasteiger charge is -2.09. The molecule has 0 aliphatic carbocycles. The Balaban J connectivity index is 1.73. The summed E-state index contributed by atoms with van der Waals surface area (Å²) in [7, 11) is 0. The van der Waals surface area contributed by atoms with Crippen LogP contribution in [0.15, 0.2) is 52.9 Å². The van der Waals surface area contributed by atoms with E-state index in [0.29, 0.717) is 22.0 Å². The molecule has 0 atom stereocenters. The minimum atomic E-state index is -0.241. The van der Waals surface area contributed by atoms with Gasteiger partial charge in [0.1, 0.15) is 0 Å². The molecule has 5 nitrogen and oxygen atoms in total. The number of pyridine rings is 1. The number of carbonyl (C=O) groups is 1. The summed E-state index contributed by atoms with van der Waals surface area (Å²) in [5, 5.41) is 15.2. The van der Waals surface area contributed by atoms with Gasteiger partial charge in [-0.05, 0) is 29.8 Å². The number of rotatable bonds is 4. The molecule has 0 spiro atoms. The van der Waals surface area contributed by atoms with Crippen LogP contribution in [0, 0.1) is 18.3 Å². The zero-order chi connectivity index (χ0) is 18.8. The Morgan fingerprint density at radius 3 is 2.93 bits per heavy atom. The Hall–Kier alpha value is -2.95. The topological polar surface area (TPSA) is 78.7 Å². The van der Waals surface area contributed by atoms with Gasteiger partial charge < -0.3 is 0 Å². The zero-order valence-corrected chi connectivity index (χ0v) is 16.0. The molecular weight excluding hydrogens is 376 g/mol. The summed E-state index contributed by atoms with van der Waals surface area (Å²) >= 11 is 2.81. The third-order valence-electron chi connectivity index (χ3n) is 4.10. The van der Waals surface area contributed by atoms with E-state index in [0.717, 1.165) is 26.1 Å². The molecule has 1 N–H and O–H groups in total. The number of nitrogens with zero attached hydrogens (tertiary/aromatic N) is 3. The largest absolute Gasteiger partial charge is 0.298 e. The van der Waals surface area contributed by atoms with Gasteiger partial charge in [-0.2, -0.15) is 5.26 Å². The van der Waals surface area contributed by atoms with Gasteiger partial charge in [-0.25, -0.2) is 4.98 Å². The number of hydrogen-bond donors (Lipinski definition) is 1. The fourth-order valence-electron chi connectivity index (χ4n) is 2.93. The van der Waals surface area contributed by atoms with Gasteiger partial charge in [-0.3, -0.25) is 15.1 Å². The third-order valence-corrected chi connectivity index (χ3v) is 6.40. The molecule has 2 heterocycles. The lowest BCUT2D eigenvalue weighted by molar-refractivity contribution is 0.102. The van der Waals surface area contributed by atoms with Crippen LogP contribution >= 0.6 is 23.1 Å². The molecule has 0 unspecified atom stereocenters. The first-order valence-corrected chi connectivity index (χ1v) is 10.0. The Kier molecular flexibility index (Phi) is 4.75. The quantitative estimate of drug-likeness (QED) is 0.391. The van der Waals surface area contributed by atoms with Crippen LogP contribution in [0.1, 0.15) is 16.1 Å². The second-order valence-electron chi connectivity index (χ2n) is 5.84. The summed E-state index contributed by atoms with van der Waals surface area (Å²) in [5.74, 6) is 0.116. The van der Waals surface area contributed by atoms with E-state index >= 15 is 0 Å². The summed E-state index contributed by atoms with van der Waals surface area (Å²) in [6.45, 7) is 1.87. The molecule has 0 radical (unpaired) electrons. The Labute approximate surface area is 164 Å². The van der Waals surface area contributed by atoms with Gasteiger partial charge >= 0.3 is 0 Å². The summed E-state index contributed by atoms with van der Waals surface area (Å²) in [6, 6.07) is 15.8. The summed E-state index contributed by atoms with van der Waals surface area (Å²) in [4.78, 5) is 21.8. The average molecular weight is 390 g/mol. The summed E-state index contributed by atoms with van der Waals surface area (Å²) in [5.41, 5.74) is 2.00. The van der Waals surface area contributed by atoms with Crippen LogP contribution in [0.3, 0.4) is 0 Å². The van der Waals surface area contributed by atoms with Crippen molar-refractivity contribution in [3.63, 3.8) is 0 Å². The molecule has 4 rings (SSSR count). The minimum absolute atomic E-state index is 0.241. The first kappa shape index (κ1) is 17.5. The van der Waals surface area contributed by atoms with E-state index in [1.165, 1.54) is 23.1 Å². The van der Waals surface area contributed by atoms with Crippen LogP contribution in [0.2, 0.25) is 0 Å². The van der Waals surface area contributed by atoms with E-state index in [-0.39, 0.29) is 5.91 Å². The zero-order valence-electron chi connectivity index (χ0n) is 14.4. The van der Waals surface area contributed by atoms with Gasteiger partial charge in [0.25, 0.3) is 5.91 Å². The van der Waals surface area contributed by atoms with Crippen LogP contribution in [0.4, 0.5) is 5.13 Å². The molecule has 0 fully saturated rings. The second kappa shape index (κ2) is 7.35. The maximum Gasteiger partial charge on any atom is 0.259 e. The van der Waals surface area contributed by atoms with Crippen molar-refractivity contribution in [2.45, 2.75) is 11.1 Å². The van der Waals surface area contributed by atoms with E-state index in [4.69, 9.17) is 5.26 Å². The lowest BCUT2D eigenvalue weighted by atomic mass is 10.0. The van der Waals surface area contributed by atoms with Gasteiger partial charge in [-0.15, -0.1) is 0 Å². The van der Waals surface area contributed by atoms with Crippen LogP contribution in [-0.2, 0) is 0 Å². The predicted molar refractivity (Wildman–Crippen MR) is 110 cm³/mol. The highest BCUT2D eigenvalue weighted by Crippen LogP contribution is 2.33. The molecule has 7 heteroatoms. The fourth-order valence-corrected chi connectivity index (χ4v) is 4.73. The van der Waals surface area contributed by atoms with Gasteiger partial charge in [0, 0.05) is 11.6 Å². The van der Waals surface area contributed by atoms with Crippen LogP contribution in [0.5, 0.6) is 0 Å². The minimum Gasteiger partial charge on any atom is -0.298 e. The Morgan fingerprint density at radius 1 is 1.26 bits per heavy atom. The van der Waals surface area contributed by atoms with Crippen molar-refractivity contribution in [3.8, 4) is 6.07 Å². The average Bonchev–Trinajstić information content (AvgIpc) is 3.04. The van der Waals surface area contributed by atoms with Gasteiger partial charge in [0.05, 0.1) is 32.8 Å². The first-order chi connectivity index (χ1) is 13.2. The van der Waals surface area contributed by atoms with Crippen LogP contribution in [-0.4, -0.2) is 21.6 Å². The molecule has 0 aliphatic rings. The Bertz CT molecular complexity index is 1210. The van der Waals surface area contributed by atoms with E-state index < -0.39 is 0 Å². The number of amides is 1. The highest BCUT2D eigenvalue weighted by Gasteiger charge is 2.16. The van der Waals surface area contributed by atoms with Crippen molar-refractivity contribution < 1.29 is 4.79 Å². The number of nitriles is 1. The Morgan fingerprint density at radius 2 is 2.07 bits per heavy atom. The monoisotopic (exact) mass is 390 g/mol. The number of anilines is 1. The molecule has 1 amide bonds. The number of carbonyl (C=O) groups excluding carboxylic acids is 1. The molecule has 2 aromatic carbocycles. The molecule has 0 saturated carbocycles. The molecule has 27 heavy (non-hydrogen) atoms. The predicted octanol–water partition coefficient (Wildman–Crippen LogP) is 5.02. The number of aromatic nitrogens is 2. The highest BCUT2D eigenvalue weighted by molar-refractivity contribution is 8.01. The molecule has 0 bridgehead atoms. The van der Waals surface area contributed by atoms with Crippen LogP contribution in [0.25, 0.3) is 21.7 Å². The van der Waals surface area contributed by atoms with Crippen molar-refractivity contribution in [1.82, 2.24) is 9.97 Å². The number of aryl methyl sites for hydroxylation is 1. The first-order valence-electron chi connectivity index (χ1n) is 8.22. The van der Waals surface area contributed by atoms with E-state index in [2.05, 4.69) is 21.4 Å². The second-order valence-corrected chi connectivity index (χ2v) is 8.08. The van der Waals surface area contributed by atoms with Gasteiger partial charge in [-0.1, -0.05) is 53.4 Å². The molecule has 2 aromatic heterocycles. The van der Waals surface area contributed by atoms with E-state index in [1.807, 2.05) is 49.4 Å². The number of thiazole rings is 1. The van der Waals surface area contributed by atoms with Crippen molar-refractivity contribution in [3.05, 3.63) is 59.9 Å². The number of hydrogen-bond acceptors (Lipinski definition) is 6. The molecule has 4 aromatic rings. The van der Waals surface area contributed by atoms with Crippen molar-refractivity contribution >= 4 is 55.8 Å². The number of thioether (sulfide) groups is 1. The maximum absolute atomic E-state index is 13.0. The highest BCUT2D eigenvalue weighted by atomic mass is 32.2. The molecular formula is C20H14N4OS2. The number of nitrogens with one attached hydrogen (secondary N) is 1. The maximum atomic E-state index is 13.0. The normalized spacial score (nSPS) is 10.8. The number of fused-ring (bicyclic) bond motifs is 3. The lowest BCUT2D eigenvalue weighted by Crippen LogP contribution is -2.12. The van der Waals surface area contributed by atoms with Crippen LogP contribution < -0.4 is 5.32 Å². The van der Waals surface area contributed by atoms with Gasteiger partial charge in [0.2, 0.25) is 0 Å². The van der Waals surface area contributed by atoms with Crippen molar-refractivity contribution in [2.75, 3.05) is 11.1 Å². The standard InChI is InChI=1S/C20H14N4OS2/c1-12-19(26-10-8-21)27-20(23-12)24-18(25)16-11-13-5-2-3-6-14(13)15-7-4-9-22-17(15)16/h2-7,9,11H,10H2,1H3,(H,23,24,25). The van der Waals surface area contributed by atoms with Crippen molar-refractivity contribution in [2.24, 2.45) is 0 Å². The van der Waals surface area contributed by atoms with Gasteiger partial charge in [0.15, 0.2) is 5.13 Å². The molecule has 0 saturated heterocycles. The van der Waals surface area contributed by atoms with Crippen molar-refractivity contribution in [1.29, 1.82) is 5.26 Å². The number of benzene rings is 2. The van der Waals surface area contributed by atoms with E-state index in [9.17, 15) is 4.79 Å². The smallest absolute Gasteiger partial charge is 0.259 e. The van der Waals surface area contributed by atoms with E-state index in [1.54, 1.807) is 6.20 Å². The SMILES string of the molecule is Cc1nc(NC(=O)c2cc3ccccc3c3cccnc23)sc1SCC#N. The summed E-state index contributed by atoms with van der Waals surface area (Å²) < 4.78 is 0.938. The third kappa shape index (κ3) is 3.37. The fraction of sp³-hybridized carbons (Fsp3) is 0.100.